The van der Waals surface area contributed by atoms with Gasteiger partial charge < -0.3 is 10.2 Å². The van der Waals surface area contributed by atoms with Gasteiger partial charge in [0.25, 0.3) is 0 Å². The maximum Gasteiger partial charge on any atom is 0.129 e. The van der Waals surface area contributed by atoms with Crippen LogP contribution in [0.2, 0.25) is 5.15 Å². The normalized spacial score (nSPS) is 11.1. The van der Waals surface area contributed by atoms with Gasteiger partial charge in [0.05, 0.1) is 0 Å². The molecule has 0 spiro atoms. The number of hydrogen-bond acceptors (Lipinski definition) is 5. The van der Waals surface area contributed by atoms with Crippen molar-refractivity contribution in [2.24, 2.45) is 5.18 Å². The van der Waals surface area contributed by atoms with Crippen LogP contribution in [0.1, 0.15) is 5.56 Å². The smallest absolute Gasteiger partial charge is 0.129 e. The second-order valence-corrected chi connectivity index (χ2v) is 3.60. The average molecular weight is 241 g/mol. The molecule has 0 aliphatic heterocycles. The van der Waals surface area contributed by atoms with Crippen LogP contribution in [0.5, 0.6) is 0 Å². The molecule has 16 heavy (non-hydrogen) atoms. The second-order valence-electron chi connectivity index (χ2n) is 3.21. The lowest BCUT2D eigenvalue weighted by Gasteiger charge is -2.21. The van der Waals surface area contributed by atoms with Crippen LogP contribution < -0.4 is 5.32 Å². The molecule has 0 aliphatic rings. The lowest BCUT2D eigenvalue weighted by Crippen LogP contribution is -2.25. The third-order valence-corrected chi connectivity index (χ3v) is 2.27. The number of hydrogen-bond donors (Lipinski definition) is 1. The number of pyridine rings is 1. The topological polar surface area (TPSA) is 57.6 Å². The highest BCUT2D eigenvalue weighted by Gasteiger charge is 2.04. The number of rotatable bonds is 5. The van der Waals surface area contributed by atoms with Gasteiger partial charge in [0.1, 0.15) is 17.2 Å². The molecule has 0 saturated carbocycles. The molecule has 6 heteroatoms. The Kier molecular flexibility index (Phi) is 4.72. The van der Waals surface area contributed by atoms with Gasteiger partial charge in [-0.3, -0.25) is 0 Å². The Morgan fingerprint density at radius 3 is 2.94 bits per heavy atom. The summed E-state index contributed by atoms with van der Waals surface area (Å²) in [5.74, 6) is 0.643. The van der Waals surface area contributed by atoms with Gasteiger partial charge in [-0.15, -0.1) is 4.91 Å². The van der Waals surface area contributed by atoms with Crippen LogP contribution in [0.15, 0.2) is 35.5 Å². The van der Waals surface area contributed by atoms with Crippen molar-refractivity contribution in [2.75, 3.05) is 14.1 Å². The molecule has 5 nitrogen and oxygen atoms in total. The molecule has 0 bridgehead atoms. The first-order valence-electron chi connectivity index (χ1n) is 4.69. The highest BCUT2D eigenvalue weighted by Crippen LogP contribution is 2.09. The molecule has 1 N–H and O–H groups in total. The van der Waals surface area contributed by atoms with E-state index in [1.54, 1.807) is 19.3 Å². The SMILES string of the molecule is CN/C(=C\N=O)N(C)Cc1ccc(Cl)nc1. The van der Waals surface area contributed by atoms with E-state index in [9.17, 15) is 4.91 Å². The first-order chi connectivity index (χ1) is 7.67. The Hall–Kier alpha value is -1.62. The van der Waals surface area contributed by atoms with Crippen LogP contribution in [0.3, 0.4) is 0 Å². The van der Waals surface area contributed by atoms with Crippen LogP contribution in [0.4, 0.5) is 0 Å². The molecule has 0 saturated heterocycles. The molecule has 0 radical (unpaired) electrons. The van der Waals surface area contributed by atoms with Crippen molar-refractivity contribution in [1.29, 1.82) is 0 Å². The minimum Gasteiger partial charge on any atom is -0.373 e. The minimum atomic E-state index is 0.463. The fourth-order valence-electron chi connectivity index (χ4n) is 1.26. The van der Waals surface area contributed by atoms with Crippen molar-refractivity contribution in [1.82, 2.24) is 15.2 Å². The van der Waals surface area contributed by atoms with E-state index in [4.69, 9.17) is 11.6 Å². The Morgan fingerprint density at radius 1 is 1.69 bits per heavy atom. The predicted octanol–water partition coefficient (Wildman–Crippen LogP) is 1.95. The molecule has 0 amide bonds. The molecule has 86 valence electrons. The number of nitroso groups, excluding NO2 is 1. The van der Waals surface area contributed by atoms with Crippen molar-refractivity contribution < 1.29 is 0 Å². The Balaban J connectivity index is 2.69. The quantitative estimate of drug-likeness (QED) is 0.631. The van der Waals surface area contributed by atoms with E-state index < -0.39 is 0 Å². The molecule has 0 fully saturated rings. The standard InChI is InChI=1S/C10H13ClN4O/c1-12-10(6-14-16)15(2)7-8-3-4-9(11)13-5-8/h3-6,12H,7H2,1-2H3/b10-6+. The molecule has 0 unspecified atom stereocenters. The van der Waals surface area contributed by atoms with Crippen LogP contribution in [0, 0.1) is 4.91 Å². The summed E-state index contributed by atoms with van der Waals surface area (Å²) in [6.07, 6.45) is 2.92. The molecule has 1 aromatic rings. The molecule has 0 atom stereocenters. The van der Waals surface area contributed by atoms with Gasteiger partial charge in [-0.2, -0.15) is 0 Å². The Labute approximate surface area is 99.1 Å². The van der Waals surface area contributed by atoms with Crippen molar-refractivity contribution >= 4 is 11.6 Å². The zero-order valence-corrected chi connectivity index (χ0v) is 9.90. The molecule has 1 heterocycles. The van der Waals surface area contributed by atoms with Crippen LogP contribution in [-0.4, -0.2) is 24.0 Å². The molecule has 0 aromatic carbocycles. The monoisotopic (exact) mass is 240 g/mol. The van der Waals surface area contributed by atoms with Crippen molar-refractivity contribution in [2.45, 2.75) is 6.54 Å². The van der Waals surface area contributed by atoms with Crippen LogP contribution in [0.25, 0.3) is 0 Å². The highest BCUT2D eigenvalue weighted by atomic mass is 35.5. The third-order valence-electron chi connectivity index (χ3n) is 2.05. The summed E-state index contributed by atoms with van der Waals surface area (Å²) in [5.41, 5.74) is 0.999. The van der Waals surface area contributed by atoms with Gasteiger partial charge in [0.15, 0.2) is 0 Å². The third kappa shape index (κ3) is 3.51. The van der Waals surface area contributed by atoms with E-state index in [-0.39, 0.29) is 0 Å². The number of aromatic nitrogens is 1. The molecular formula is C10H13ClN4O. The van der Waals surface area contributed by atoms with Crippen LogP contribution in [-0.2, 0) is 6.54 Å². The van der Waals surface area contributed by atoms with E-state index in [1.165, 1.54) is 6.20 Å². The Morgan fingerprint density at radius 2 is 2.44 bits per heavy atom. The molecular weight excluding hydrogens is 228 g/mol. The summed E-state index contributed by atoms with van der Waals surface area (Å²) in [4.78, 5) is 16.0. The van der Waals surface area contributed by atoms with Crippen molar-refractivity contribution in [3.8, 4) is 0 Å². The van der Waals surface area contributed by atoms with Crippen molar-refractivity contribution in [3.05, 3.63) is 46.0 Å². The fraction of sp³-hybridized carbons (Fsp3) is 0.300. The zero-order valence-electron chi connectivity index (χ0n) is 9.14. The largest absolute Gasteiger partial charge is 0.373 e. The fourth-order valence-corrected chi connectivity index (χ4v) is 1.37. The van der Waals surface area contributed by atoms with E-state index in [2.05, 4.69) is 15.5 Å². The maximum atomic E-state index is 10.2. The second kappa shape index (κ2) is 6.07. The van der Waals surface area contributed by atoms with Gasteiger partial charge in [-0.05, 0) is 16.8 Å². The summed E-state index contributed by atoms with van der Waals surface area (Å²) in [5, 5.41) is 6.08. The summed E-state index contributed by atoms with van der Waals surface area (Å²) >= 11 is 5.68. The molecule has 1 aromatic heterocycles. The summed E-state index contributed by atoms with van der Waals surface area (Å²) in [6, 6.07) is 3.61. The van der Waals surface area contributed by atoms with E-state index >= 15 is 0 Å². The molecule has 1 rings (SSSR count). The minimum absolute atomic E-state index is 0.463. The van der Waals surface area contributed by atoms with E-state index in [0.717, 1.165) is 5.56 Å². The van der Waals surface area contributed by atoms with Crippen molar-refractivity contribution in [3.63, 3.8) is 0 Å². The zero-order chi connectivity index (χ0) is 12.0. The van der Waals surface area contributed by atoms with Gasteiger partial charge in [0.2, 0.25) is 0 Å². The maximum absolute atomic E-state index is 10.2. The Bertz CT molecular complexity index is 377. The summed E-state index contributed by atoms with van der Waals surface area (Å²) in [7, 11) is 3.58. The molecule has 0 aliphatic carbocycles. The lowest BCUT2D eigenvalue weighted by atomic mass is 10.3. The number of nitrogens with zero attached hydrogens (tertiary/aromatic N) is 3. The first kappa shape index (κ1) is 12.4. The van der Waals surface area contributed by atoms with Gasteiger partial charge in [0, 0.05) is 26.8 Å². The van der Waals surface area contributed by atoms with Gasteiger partial charge in [-0.25, -0.2) is 4.98 Å². The number of halogens is 1. The summed E-state index contributed by atoms with van der Waals surface area (Å²) < 4.78 is 0. The van der Waals surface area contributed by atoms with E-state index in [0.29, 0.717) is 17.5 Å². The first-order valence-corrected chi connectivity index (χ1v) is 5.07. The van der Waals surface area contributed by atoms with Gasteiger partial charge >= 0.3 is 0 Å². The van der Waals surface area contributed by atoms with E-state index in [1.807, 2.05) is 18.0 Å². The predicted molar refractivity (Wildman–Crippen MR) is 63.7 cm³/mol. The highest BCUT2D eigenvalue weighted by molar-refractivity contribution is 6.29. The van der Waals surface area contributed by atoms with Gasteiger partial charge in [-0.1, -0.05) is 17.7 Å². The average Bonchev–Trinajstić information content (AvgIpc) is 2.29. The number of nitrogens with one attached hydrogen (secondary N) is 1. The summed E-state index contributed by atoms with van der Waals surface area (Å²) in [6.45, 7) is 0.617. The van der Waals surface area contributed by atoms with Crippen LogP contribution >= 0.6 is 11.6 Å². The lowest BCUT2D eigenvalue weighted by molar-refractivity contribution is 0.384.